The van der Waals surface area contributed by atoms with Gasteiger partial charge in [0.05, 0.1) is 11.6 Å². The SMILES string of the molecule is CSC1=NC(=S)NC1. The van der Waals surface area contributed by atoms with Gasteiger partial charge >= 0.3 is 0 Å². The van der Waals surface area contributed by atoms with Crippen LogP contribution in [0.25, 0.3) is 0 Å². The van der Waals surface area contributed by atoms with E-state index >= 15 is 0 Å². The number of thioether (sulfide) groups is 1. The smallest absolute Gasteiger partial charge is 0.193 e. The molecule has 8 heavy (non-hydrogen) atoms. The second kappa shape index (κ2) is 2.46. The molecule has 0 fully saturated rings. The maximum atomic E-state index is 4.75. The lowest BCUT2D eigenvalue weighted by molar-refractivity contribution is 1.14. The Hall–Kier alpha value is -0.0900. The van der Waals surface area contributed by atoms with Crippen LogP contribution < -0.4 is 5.32 Å². The van der Waals surface area contributed by atoms with Crippen molar-refractivity contribution < 1.29 is 0 Å². The molecule has 0 bridgehead atoms. The first-order chi connectivity index (χ1) is 3.83. The van der Waals surface area contributed by atoms with Crippen molar-refractivity contribution in [2.75, 3.05) is 12.8 Å². The third-order valence-corrected chi connectivity index (χ3v) is 1.80. The van der Waals surface area contributed by atoms with Crippen LogP contribution in [0.2, 0.25) is 0 Å². The van der Waals surface area contributed by atoms with E-state index in [0.717, 1.165) is 11.6 Å². The van der Waals surface area contributed by atoms with Gasteiger partial charge in [-0.3, -0.25) is 0 Å². The van der Waals surface area contributed by atoms with Crippen molar-refractivity contribution >= 4 is 34.1 Å². The molecule has 0 radical (unpaired) electrons. The fourth-order valence-electron chi connectivity index (χ4n) is 0.461. The fraction of sp³-hybridized carbons (Fsp3) is 0.500. The zero-order valence-corrected chi connectivity index (χ0v) is 6.10. The molecule has 1 aliphatic rings. The highest BCUT2D eigenvalue weighted by molar-refractivity contribution is 8.13. The van der Waals surface area contributed by atoms with Crippen LogP contribution in [0.3, 0.4) is 0 Å². The quantitative estimate of drug-likeness (QED) is 0.507. The van der Waals surface area contributed by atoms with E-state index in [4.69, 9.17) is 12.2 Å². The van der Waals surface area contributed by atoms with E-state index in [1.54, 1.807) is 11.8 Å². The second-order valence-corrected chi connectivity index (χ2v) is 2.63. The molecule has 2 nitrogen and oxygen atoms in total. The third-order valence-electron chi connectivity index (χ3n) is 0.853. The van der Waals surface area contributed by atoms with E-state index in [1.165, 1.54) is 0 Å². The Balaban J connectivity index is 2.57. The van der Waals surface area contributed by atoms with Gasteiger partial charge in [-0.2, -0.15) is 0 Å². The number of hydrogen-bond acceptors (Lipinski definition) is 2. The first kappa shape index (κ1) is 6.04. The van der Waals surface area contributed by atoms with Gasteiger partial charge in [-0.25, -0.2) is 4.99 Å². The van der Waals surface area contributed by atoms with E-state index in [9.17, 15) is 0 Å². The van der Waals surface area contributed by atoms with Crippen molar-refractivity contribution in [3.05, 3.63) is 0 Å². The zero-order valence-electron chi connectivity index (χ0n) is 4.47. The standard InChI is InChI=1S/C4H6N2S2/c1-8-3-2-5-4(7)6-3/h2H2,1H3,(H,5,7). The second-order valence-electron chi connectivity index (χ2n) is 1.37. The Morgan fingerprint density at radius 3 is 2.88 bits per heavy atom. The summed E-state index contributed by atoms with van der Waals surface area (Å²) in [4.78, 5) is 4.01. The predicted octanol–water partition coefficient (Wildman–Crippen LogP) is 0.636. The van der Waals surface area contributed by atoms with Crippen molar-refractivity contribution in [1.82, 2.24) is 5.32 Å². The molecule has 0 saturated heterocycles. The van der Waals surface area contributed by atoms with Gasteiger partial charge in [0.25, 0.3) is 0 Å². The highest BCUT2D eigenvalue weighted by atomic mass is 32.2. The summed E-state index contributed by atoms with van der Waals surface area (Å²) >= 11 is 6.39. The van der Waals surface area contributed by atoms with Crippen LogP contribution in [-0.4, -0.2) is 23.0 Å². The first-order valence-corrected chi connectivity index (χ1v) is 3.85. The molecule has 0 unspecified atom stereocenters. The number of rotatable bonds is 0. The highest BCUT2D eigenvalue weighted by Gasteiger charge is 2.06. The monoisotopic (exact) mass is 146 g/mol. The Labute approximate surface area is 57.8 Å². The van der Waals surface area contributed by atoms with Crippen LogP contribution in [0.5, 0.6) is 0 Å². The molecule has 0 saturated carbocycles. The molecular formula is C4H6N2S2. The molecule has 0 aromatic heterocycles. The molecule has 0 aromatic rings. The largest absolute Gasteiger partial charge is 0.355 e. The minimum absolute atomic E-state index is 0.620. The van der Waals surface area contributed by atoms with Crippen molar-refractivity contribution in [2.24, 2.45) is 4.99 Å². The molecule has 1 heterocycles. The molecule has 0 atom stereocenters. The Morgan fingerprint density at radius 1 is 1.88 bits per heavy atom. The van der Waals surface area contributed by atoms with E-state index < -0.39 is 0 Å². The topological polar surface area (TPSA) is 24.4 Å². The van der Waals surface area contributed by atoms with Crippen molar-refractivity contribution in [2.45, 2.75) is 0 Å². The molecule has 0 aromatic carbocycles. The average Bonchev–Trinajstić information content (AvgIpc) is 2.14. The van der Waals surface area contributed by atoms with E-state index in [2.05, 4.69) is 10.3 Å². The van der Waals surface area contributed by atoms with Crippen molar-refractivity contribution in [3.8, 4) is 0 Å². The highest BCUT2D eigenvalue weighted by Crippen LogP contribution is 2.01. The van der Waals surface area contributed by atoms with E-state index in [0.29, 0.717) is 5.11 Å². The fourth-order valence-corrected chi connectivity index (χ4v) is 1.10. The van der Waals surface area contributed by atoms with Crippen LogP contribution in [0.4, 0.5) is 0 Å². The van der Waals surface area contributed by atoms with Crippen molar-refractivity contribution in [1.29, 1.82) is 0 Å². The lowest BCUT2D eigenvalue weighted by Crippen LogP contribution is -2.14. The summed E-state index contributed by atoms with van der Waals surface area (Å²) in [6.07, 6.45) is 1.99. The molecule has 0 spiro atoms. The minimum atomic E-state index is 0.620. The van der Waals surface area contributed by atoms with E-state index in [1.807, 2.05) is 6.26 Å². The molecule has 1 rings (SSSR count). The summed E-state index contributed by atoms with van der Waals surface area (Å²) in [5.41, 5.74) is 0. The van der Waals surface area contributed by atoms with Gasteiger partial charge in [0.1, 0.15) is 0 Å². The Kier molecular flexibility index (Phi) is 1.85. The number of hydrogen-bond donors (Lipinski definition) is 1. The summed E-state index contributed by atoms with van der Waals surface area (Å²) in [6, 6.07) is 0. The summed E-state index contributed by atoms with van der Waals surface area (Å²) < 4.78 is 0. The van der Waals surface area contributed by atoms with Crippen LogP contribution in [0, 0.1) is 0 Å². The summed E-state index contributed by atoms with van der Waals surface area (Å²) in [6.45, 7) is 0.819. The molecular weight excluding hydrogens is 140 g/mol. The zero-order chi connectivity index (χ0) is 5.98. The maximum absolute atomic E-state index is 4.75. The molecule has 0 amide bonds. The summed E-state index contributed by atoms with van der Waals surface area (Å²) in [7, 11) is 0. The third kappa shape index (κ3) is 1.20. The predicted molar refractivity (Wildman–Crippen MR) is 41.6 cm³/mol. The van der Waals surface area contributed by atoms with Crippen LogP contribution in [-0.2, 0) is 0 Å². The van der Waals surface area contributed by atoms with Crippen LogP contribution in [0.1, 0.15) is 0 Å². The van der Waals surface area contributed by atoms with Gasteiger partial charge in [0.2, 0.25) is 0 Å². The van der Waals surface area contributed by atoms with Gasteiger partial charge in [-0.15, -0.1) is 11.8 Å². The van der Waals surface area contributed by atoms with Gasteiger partial charge < -0.3 is 5.32 Å². The Bertz CT molecular complexity index is 141. The molecule has 44 valence electrons. The normalized spacial score (nSPS) is 18.1. The minimum Gasteiger partial charge on any atom is -0.355 e. The number of nitrogens with one attached hydrogen (secondary N) is 1. The number of aliphatic imine (C=N–C) groups is 1. The van der Waals surface area contributed by atoms with Gasteiger partial charge in [-0.05, 0) is 18.5 Å². The first-order valence-electron chi connectivity index (χ1n) is 2.22. The average molecular weight is 146 g/mol. The van der Waals surface area contributed by atoms with Crippen LogP contribution in [0.15, 0.2) is 4.99 Å². The van der Waals surface area contributed by atoms with Gasteiger partial charge in [0, 0.05) is 0 Å². The summed E-state index contributed by atoms with van der Waals surface area (Å²) in [5.74, 6) is 0. The molecule has 0 aliphatic carbocycles. The summed E-state index contributed by atoms with van der Waals surface area (Å²) in [5, 5.41) is 4.63. The molecule has 1 N–H and O–H groups in total. The van der Waals surface area contributed by atoms with Crippen LogP contribution >= 0.6 is 24.0 Å². The van der Waals surface area contributed by atoms with Gasteiger partial charge in [-0.1, -0.05) is 0 Å². The van der Waals surface area contributed by atoms with Crippen molar-refractivity contribution in [3.63, 3.8) is 0 Å². The lowest BCUT2D eigenvalue weighted by Gasteiger charge is -1.87. The number of thiocarbonyl (C=S) groups is 1. The maximum Gasteiger partial charge on any atom is 0.193 e. The lowest BCUT2D eigenvalue weighted by atomic mass is 10.7. The van der Waals surface area contributed by atoms with E-state index in [-0.39, 0.29) is 0 Å². The molecule has 1 aliphatic heterocycles. The number of nitrogens with zero attached hydrogens (tertiary/aromatic N) is 1. The van der Waals surface area contributed by atoms with Gasteiger partial charge in [0.15, 0.2) is 5.11 Å². The molecule has 4 heteroatoms. The Morgan fingerprint density at radius 2 is 2.62 bits per heavy atom.